The zero-order chi connectivity index (χ0) is 20.5. The molecule has 1 saturated heterocycles. The number of fused-ring (bicyclic) bond motifs is 2. The molecule has 0 radical (unpaired) electrons. The van der Waals surface area contributed by atoms with Crippen molar-refractivity contribution in [3.8, 4) is 0 Å². The summed E-state index contributed by atoms with van der Waals surface area (Å²) in [4.78, 5) is 21.8. The number of nitrogens with zero attached hydrogens (tertiary/aromatic N) is 3. The van der Waals surface area contributed by atoms with Gasteiger partial charge in [0.2, 0.25) is 0 Å². The SMILES string of the molecule is Cc1nc2ccc(C3=C\C(=O)N4C=C(N5CCCNCC5)C=C\C4=C/C=C/3)cc2s1. The summed E-state index contributed by atoms with van der Waals surface area (Å²) in [6.45, 7) is 5.98. The smallest absolute Gasteiger partial charge is 0.255 e. The largest absolute Gasteiger partial charge is 0.369 e. The molecule has 0 aliphatic carbocycles. The van der Waals surface area contributed by atoms with Crippen LogP contribution in [0.25, 0.3) is 15.8 Å². The Morgan fingerprint density at radius 1 is 1.10 bits per heavy atom. The highest BCUT2D eigenvalue weighted by Gasteiger charge is 2.21. The highest BCUT2D eigenvalue weighted by atomic mass is 32.1. The molecule has 0 spiro atoms. The summed E-state index contributed by atoms with van der Waals surface area (Å²) in [5, 5.41) is 4.48. The number of nitrogens with one attached hydrogen (secondary N) is 1. The minimum atomic E-state index is -0.0315. The van der Waals surface area contributed by atoms with Crippen LogP contribution in [0.15, 0.2) is 72.2 Å². The maximum Gasteiger partial charge on any atom is 0.255 e. The van der Waals surface area contributed by atoms with Gasteiger partial charge in [-0.05, 0) is 61.4 Å². The zero-order valence-electron chi connectivity index (χ0n) is 17.0. The maximum atomic E-state index is 13.2. The second kappa shape index (κ2) is 8.05. The van der Waals surface area contributed by atoms with Crippen molar-refractivity contribution in [2.45, 2.75) is 13.3 Å². The molecule has 0 saturated carbocycles. The van der Waals surface area contributed by atoms with Gasteiger partial charge in [-0.1, -0.05) is 18.2 Å². The lowest BCUT2D eigenvalue weighted by molar-refractivity contribution is -0.122. The number of carbonyl (C=O) groups excluding carboxylic acids is 1. The van der Waals surface area contributed by atoms with E-state index in [0.717, 1.165) is 70.4 Å². The van der Waals surface area contributed by atoms with Crippen LogP contribution in [-0.4, -0.2) is 46.9 Å². The second-order valence-corrected chi connectivity index (χ2v) is 8.89. The first-order valence-corrected chi connectivity index (χ1v) is 11.2. The Bertz CT molecular complexity index is 1140. The molecule has 0 atom stereocenters. The molecule has 30 heavy (non-hydrogen) atoms. The monoisotopic (exact) mass is 416 g/mol. The summed E-state index contributed by atoms with van der Waals surface area (Å²) in [6, 6.07) is 6.19. The summed E-state index contributed by atoms with van der Waals surface area (Å²) in [6.07, 6.45) is 15.0. The van der Waals surface area contributed by atoms with Gasteiger partial charge in [-0.3, -0.25) is 9.69 Å². The van der Waals surface area contributed by atoms with E-state index >= 15 is 0 Å². The zero-order valence-corrected chi connectivity index (χ0v) is 17.8. The van der Waals surface area contributed by atoms with Gasteiger partial charge in [0, 0.05) is 37.6 Å². The number of aromatic nitrogens is 1. The van der Waals surface area contributed by atoms with E-state index in [9.17, 15) is 4.79 Å². The normalized spacial score (nSPS) is 24.2. The van der Waals surface area contributed by atoms with Crippen LogP contribution in [0.1, 0.15) is 17.0 Å². The molecule has 1 aromatic heterocycles. The molecule has 4 heterocycles. The van der Waals surface area contributed by atoms with E-state index in [2.05, 4.69) is 27.3 Å². The Kier molecular flexibility index (Phi) is 5.11. The number of hydrogen-bond donors (Lipinski definition) is 1. The van der Waals surface area contributed by atoms with E-state index in [1.54, 1.807) is 22.3 Å². The predicted octanol–water partition coefficient (Wildman–Crippen LogP) is 3.98. The average molecular weight is 417 g/mol. The van der Waals surface area contributed by atoms with E-state index in [1.165, 1.54) is 0 Å². The molecular weight excluding hydrogens is 392 g/mol. The first-order chi connectivity index (χ1) is 14.7. The van der Waals surface area contributed by atoms with Gasteiger partial charge in [0.1, 0.15) is 0 Å². The standard InChI is InChI=1S/C24H24N4OS/c1-17-26-22-9-6-19(14-23(22)30-17)18-4-2-5-20-7-8-21(16-28(20)24(29)15-18)27-12-3-10-25-11-13-27/h2,4-9,14-16,25H,3,10-13H2,1H3/b4-2+,18-15+,20-5+. The van der Waals surface area contributed by atoms with Crippen LogP contribution in [0, 0.1) is 6.92 Å². The van der Waals surface area contributed by atoms with Gasteiger partial charge in [0.05, 0.1) is 20.9 Å². The molecule has 5 rings (SSSR count). The summed E-state index contributed by atoms with van der Waals surface area (Å²) in [7, 11) is 0. The number of thiazole rings is 1. The van der Waals surface area contributed by atoms with E-state index < -0.39 is 0 Å². The Morgan fingerprint density at radius 2 is 2.00 bits per heavy atom. The van der Waals surface area contributed by atoms with E-state index in [4.69, 9.17) is 0 Å². The molecule has 3 aliphatic rings. The number of carbonyl (C=O) groups is 1. The molecule has 152 valence electrons. The van der Waals surface area contributed by atoms with Crippen molar-refractivity contribution in [2.24, 2.45) is 0 Å². The Balaban J connectivity index is 1.47. The molecule has 1 fully saturated rings. The predicted molar refractivity (Wildman–Crippen MR) is 123 cm³/mol. The Hall–Kier alpha value is -2.96. The first kappa shape index (κ1) is 19.0. The molecule has 0 unspecified atom stereocenters. The van der Waals surface area contributed by atoms with Crippen molar-refractivity contribution in [3.05, 3.63) is 82.8 Å². The quantitative estimate of drug-likeness (QED) is 0.805. The van der Waals surface area contributed by atoms with Gasteiger partial charge in [-0.2, -0.15) is 0 Å². The molecule has 6 heteroatoms. The van der Waals surface area contributed by atoms with E-state index in [0.29, 0.717) is 0 Å². The summed E-state index contributed by atoms with van der Waals surface area (Å²) in [5.74, 6) is -0.0315. The van der Waals surface area contributed by atoms with Gasteiger partial charge in [0.25, 0.3) is 5.91 Å². The third-order valence-electron chi connectivity index (χ3n) is 5.56. The van der Waals surface area contributed by atoms with Gasteiger partial charge in [-0.25, -0.2) is 4.98 Å². The Morgan fingerprint density at radius 3 is 2.93 bits per heavy atom. The molecule has 1 N–H and O–H groups in total. The fourth-order valence-electron chi connectivity index (χ4n) is 4.02. The minimum Gasteiger partial charge on any atom is -0.369 e. The van der Waals surface area contributed by atoms with E-state index in [-0.39, 0.29) is 5.91 Å². The molecule has 2 aromatic rings. The van der Waals surface area contributed by atoms with Crippen molar-refractivity contribution in [1.29, 1.82) is 0 Å². The number of amides is 1. The van der Waals surface area contributed by atoms with Crippen molar-refractivity contribution in [2.75, 3.05) is 26.2 Å². The summed E-state index contributed by atoms with van der Waals surface area (Å²) >= 11 is 1.68. The summed E-state index contributed by atoms with van der Waals surface area (Å²) < 4.78 is 1.14. The van der Waals surface area contributed by atoms with Crippen molar-refractivity contribution in [3.63, 3.8) is 0 Å². The summed E-state index contributed by atoms with van der Waals surface area (Å²) in [5.41, 5.74) is 4.92. The van der Waals surface area contributed by atoms with Crippen LogP contribution in [-0.2, 0) is 4.79 Å². The highest BCUT2D eigenvalue weighted by molar-refractivity contribution is 7.18. The minimum absolute atomic E-state index is 0.0315. The molecule has 1 aromatic carbocycles. The molecular formula is C24H24N4OS. The van der Waals surface area contributed by atoms with Crippen LogP contribution in [0.4, 0.5) is 0 Å². The van der Waals surface area contributed by atoms with Crippen LogP contribution < -0.4 is 5.32 Å². The van der Waals surface area contributed by atoms with Crippen LogP contribution >= 0.6 is 11.3 Å². The number of rotatable bonds is 2. The topological polar surface area (TPSA) is 48.5 Å². The number of hydrogen-bond acceptors (Lipinski definition) is 5. The average Bonchev–Trinajstić information content (AvgIpc) is 2.92. The van der Waals surface area contributed by atoms with Crippen molar-refractivity contribution < 1.29 is 4.79 Å². The van der Waals surface area contributed by atoms with Gasteiger partial charge in [-0.15, -0.1) is 11.3 Å². The number of aryl methyl sites for hydroxylation is 1. The molecule has 5 nitrogen and oxygen atoms in total. The lowest BCUT2D eigenvalue weighted by Crippen LogP contribution is -2.32. The molecule has 0 bridgehead atoms. The van der Waals surface area contributed by atoms with Crippen molar-refractivity contribution in [1.82, 2.24) is 20.1 Å². The molecule has 3 aliphatic heterocycles. The highest BCUT2D eigenvalue weighted by Crippen LogP contribution is 2.28. The van der Waals surface area contributed by atoms with Gasteiger partial charge < -0.3 is 10.2 Å². The first-order valence-electron chi connectivity index (χ1n) is 10.3. The van der Waals surface area contributed by atoms with Crippen LogP contribution in [0.2, 0.25) is 0 Å². The van der Waals surface area contributed by atoms with Crippen molar-refractivity contribution >= 4 is 33.0 Å². The molecule has 1 amide bonds. The maximum absolute atomic E-state index is 13.2. The van der Waals surface area contributed by atoms with Gasteiger partial charge in [0.15, 0.2) is 0 Å². The second-order valence-electron chi connectivity index (χ2n) is 7.65. The fourth-order valence-corrected chi connectivity index (χ4v) is 4.89. The number of allylic oxidation sites excluding steroid dienone is 6. The van der Waals surface area contributed by atoms with Crippen LogP contribution in [0.3, 0.4) is 0 Å². The fraction of sp³-hybridized carbons (Fsp3) is 0.250. The lowest BCUT2D eigenvalue weighted by Gasteiger charge is -2.30. The Labute approximate surface area is 180 Å². The third kappa shape index (κ3) is 3.76. The van der Waals surface area contributed by atoms with Crippen LogP contribution in [0.5, 0.6) is 0 Å². The van der Waals surface area contributed by atoms with Gasteiger partial charge >= 0.3 is 0 Å². The third-order valence-corrected chi connectivity index (χ3v) is 6.49. The lowest BCUT2D eigenvalue weighted by atomic mass is 10.0. The number of benzene rings is 1. The van der Waals surface area contributed by atoms with E-state index in [1.807, 2.05) is 49.6 Å².